The molecule has 0 spiro atoms. The molecule has 1 aliphatic rings. The molecule has 0 radical (unpaired) electrons. The van der Waals surface area contributed by atoms with Gasteiger partial charge in [-0.05, 0) is 54.7 Å². The van der Waals surface area contributed by atoms with Gasteiger partial charge in [-0.2, -0.15) is 9.57 Å². The highest BCUT2D eigenvalue weighted by Gasteiger charge is 2.31. The largest absolute Gasteiger partial charge is 0.506 e. The van der Waals surface area contributed by atoms with Gasteiger partial charge in [0.2, 0.25) is 10.0 Å². The van der Waals surface area contributed by atoms with Gasteiger partial charge in [-0.25, -0.2) is 13.4 Å². The van der Waals surface area contributed by atoms with Crippen LogP contribution in [-0.2, 0) is 10.0 Å². The van der Waals surface area contributed by atoms with Gasteiger partial charge < -0.3 is 5.11 Å². The third-order valence-corrected chi connectivity index (χ3v) is 8.36. The number of hydrogen-bond acceptors (Lipinski definition) is 6. The predicted molar refractivity (Wildman–Crippen MR) is 123 cm³/mol. The minimum absolute atomic E-state index is 0.0653. The number of thiazole rings is 1. The van der Waals surface area contributed by atoms with Gasteiger partial charge in [-0.15, -0.1) is 11.3 Å². The Hall–Kier alpha value is -2.73. The molecular formula is C23H23N3O3S2. The van der Waals surface area contributed by atoms with Crippen molar-refractivity contribution in [2.75, 3.05) is 13.1 Å². The van der Waals surface area contributed by atoms with Crippen LogP contribution in [0.1, 0.15) is 30.8 Å². The lowest BCUT2D eigenvalue weighted by molar-refractivity contribution is 0.222. The van der Waals surface area contributed by atoms with Gasteiger partial charge in [0, 0.05) is 18.7 Å². The monoisotopic (exact) mass is 453 g/mol. The van der Waals surface area contributed by atoms with Crippen LogP contribution in [0.3, 0.4) is 0 Å². The van der Waals surface area contributed by atoms with E-state index >= 15 is 0 Å². The molecule has 1 aliphatic heterocycles. The van der Waals surface area contributed by atoms with Gasteiger partial charge in [0.15, 0.2) is 0 Å². The number of piperidine rings is 1. The van der Waals surface area contributed by atoms with E-state index in [4.69, 9.17) is 0 Å². The highest BCUT2D eigenvalue weighted by Crippen LogP contribution is 2.32. The zero-order valence-corrected chi connectivity index (χ0v) is 18.9. The minimum atomic E-state index is -3.61. The van der Waals surface area contributed by atoms with Crippen molar-refractivity contribution in [3.8, 4) is 6.07 Å². The second kappa shape index (κ2) is 8.42. The highest BCUT2D eigenvalue weighted by molar-refractivity contribution is 7.89. The number of aromatic nitrogens is 1. The first kappa shape index (κ1) is 21.5. The Labute approximate surface area is 186 Å². The van der Waals surface area contributed by atoms with Gasteiger partial charge in [-0.1, -0.05) is 26.0 Å². The van der Waals surface area contributed by atoms with Gasteiger partial charge in [-0.3, -0.25) is 0 Å². The van der Waals surface area contributed by atoms with E-state index in [9.17, 15) is 18.8 Å². The summed E-state index contributed by atoms with van der Waals surface area (Å²) in [6.45, 7) is 5.15. The average Bonchev–Trinajstić information content (AvgIpc) is 3.17. The Morgan fingerprint density at radius 1 is 1.13 bits per heavy atom. The number of hydrogen-bond donors (Lipinski definition) is 1. The zero-order chi connectivity index (χ0) is 22.2. The van der Waals surface area contributed by atoms with Gasteiger partial charge in [0.05, 0.1) is 15.1 Å². The molecule has 3 aromatic rings. The topological polar surface area (TPSA) is 94.3 Å². The van der Waals surface area contributed by atoms with Crippen LogP contribution in [-0.4, -0.2) is 35.9 Å². The lowest BCUT2D eigenvalue weighted by Gasteiger charge is -2.34. The van der Waals surface area contributed by atoms with Crippen molar-refractivity contribution in [1.82, 2.24) is 9.29 Å². The molecule has 2 heterocycles. The Morgan fingerprint density at radius 2 is 1.77 bits per heavy atom. The van der Waals surface area contributed by atoms with Crippen LogP contribution in [0.25, 0.3) is 21.5 Å². The average molecular weight is 454 g/mol. The first-order valence-corrected chi connectivity index (χ1v) is 12.3. The molecule has 1 aromatic heterocycles. The Kier molecular flexibility index (Phi) is 5.84. The third kappa shape index (κ3) is 4.22. The van der Waals surface area contributed by atoms with Crippen LogP contribution >= 0.6 is 11.3 Å². The fraction of sp³-hybridized carbons (Fsp3) is 0.304. The summed E-state index contributed by atoms with van der Waals surface area (Å²) in [5.41, 5.74) is 1.19. The Balaban J connectivity index is 1.65. The molecule has 2 aromatic carbocycles. The molecule has 1 fully saturated rings. The summed E-state index contributed by atoms with van der Waals surface area (Å²) in [4.78, 5) is 4.62. The van der Waals surface area contributed by atoms with Crippen molar-refractivity contribution in [1.29, 1.82) is 5.26 Å². The van der Waals surface area contributed by atoms with Crippen LogP contribution in [0, 0.1) is 23.2 Å². The summed E-state index contributed by atoms with van der Waals surface area (Å²) in [6.07, 6.45) is 1.02. The number of aliphatic hydroxyl groups excluding tert-OH is 1. The van der Waals surface area contributed by atoms with Crippen molar-refractivity contribution in [2.45, 2.75) is 25.2 Å². The number of rotatable bonds is 4. The number of fused-ring (bicyclic) bond motifs is 1. The standard InChI is InChI=1S/C23H23N3O3S2/c1-15-11-16(2)14-26(13-15)31(28,29)18-9-7-17(8-10-18)22(27)19(12-24)23-25-20-5-3-4-6-21(20)30-23/h3-10,15-16,27H,11,13-14H2,1-2H3. The number of benzene rings is 2. The second-order valence-electron chi connectivity index (χ2n) is 8.11. The van der Waals surface area contributed by atoms with E-state index in [-0.39, 0.29) is 16.2 Å². The van der Waals surface area contributed by atoms with Gasteiger partial charge >= 0.3 is 0 Å². The van der Waals surface area contributed by atoms with E-state index in [0.29, 0.717) is 35.5 Å². The SMILES string of the molecule is CC1CC(C)CN(S(=O)(=O)c2ccc(C(O)=C(C#N)c3nc4ccccc4s3)cc2)C1. The van der Waals surface area contributed by atoms with E-state index < -0.39 is 10.0 Å². The zero-order valence-electron chi connectivity index (χ0n) is 17.3. The van der Waals surface area contributed by atoms with Crippen LogP contribution < -0.4 is 0 Å². The van der Waals surface area contributed by atoms with Crippen LogP contribution in [0.15, 0.2) is 53.4 Å². The molecule has 31 heavy (non-hydrogen) atoms. The van der Waals surface area contributed by atoms with Crippen LogP contribution in [0.4, 0.5) is 0 Å². The smallest absolute Gasteiger partial charge is 0.243 e. The normalized spacial score (nSPS) is 20.9. The molecule has 1 N–H and O–H groups in total. The maximum Gasteiger partial charge on any atom is 0.243 e. The first-order valence-electron chi connectivity index (χ1n) is 10.1. The quantitative estimate of drug-likeness (QED) is 0.447. The van der Waals surface area contributed by atoms with Gasteiger partial charge in [0.1, 0.15) is 22.4 Å². The molecule has 160 valence electrons. The number of para-hydroxylation sites is 1. The maximum atomic E-state index is 13.1. The van der Waals surface area contributed by atoms with E-state index in [0.717, 1.165) is 16.6 Å². The molecule has 6 nitrogen and oxygen atoms in total. The number of aliphatic hydroxyl groups is 1. The summed E-state index contributed by atoms with van der Waals surface area (Å²) in [5, 5.41) is 20.8. The molecule has 0 saturated carbocycles. The molecule has 0 aliphatic carbocycles. The van der Waals surface area contributed by atoms with Crippen molar-refractivity contribution >= 4 is 42.9 Å². The molecular weight excluding hydrogens is 430 g/mol. The summed E-state index contributed by atoms with van der Waals surface area (Å²) in [6, 6.07) is 15.6. The van der Waals surface area contributed by atoms with Crippen molar-refractivity contribution in [2.24, 2.45) is 11.8 Å². The van der Waals surface area contributed by atoms with Crippen LogP contribution in [0.2, 0.25) is 0 Å². The number of sulfonamides is 1. The fourth-order valence-electron chi connectivity index (χ4n) is 4.06. The molecule has 1 saturated heterocycles. The maximum absolute atomic E-state index is 13.1. The van der Waals surface area contributed by atoms with E-state index in [1.54, 1.807) is 4.31 Å². The van der Waals surface area contributed by atoms with E-state index in [1.165, 1.54) is 35.6 Å². The molecule has 2 unspecified atom stereocenters. The van der Waals surface area contributed by atoms with E-state index in [2.05, 4.69) is 18.8 Å². The molecule has 4 rings (SSSR count). The summed E-state index contributed by atoms with van der Waals surface area (Å²) in [5.74, 6) is 0.416. The Morgan fingerprint density at radius 3 is 2.39 bits per heavy atom. The summed E-state index contributed by atoms with van der Waals surface area (Å²) >= 11 is 1.33. The van der Waals surface area contributed by atoms with Crippen LogP contribution in [0.5, 0.6) is 0 Å². The minimum Gasteiger partial charge on any atom is -0.506 e. The third-order valence-electron chi connectivity index (χ3n) is 5.46. The molecule has 0 amide bonds. The van der Waals surface area contributed by atoms with E-state index in [1.807, 2.05) is 30.3 Å². The fourth-order valence-corrected chi connectivity index (χ4v) is 6.70. The van der Waals surface area contributed by atoms with Gasteiger partial charge in [0.25, 0.3) is 0 Å². The Bertz CT molecular complexity index is 1240. The van der Waals surface area contributed by atoms with Crippen molar-refractivity contribution < 1.29 is 13.5 Å². The summed E-state index contributed by atoms with van der Waals surface area (Å²) < 4.78 is 28.6. The van der Waals surface area contributed by atoms with Crippen molar-refractivity contribution in [3.63, 3.8) is 0 Å². The van der Waals surface area contributed by atoms with Crippen molar-refractivity contribution in [3.05, 3.63) is 59.1 Å². The molecule has 8 heteroatoms. The lowest BCUT2D eigenvalue weighted by Crippen LogP contribution is -2.42. The number of nitriles is 1. The predicted octanol–water partition coefficient (Wildman–Crippen LogP) is 4.91. The second-order valence-corrected chi connectivity index (χ2v) is 11.1. The number of nitrogens with zero attached hydrogens (tertiary/aromatic N) is 3. The molecule has 2 atom stereocenters. The first-order chi connectivity index (χ1) is 14.8. The molecule has 0 bridgehead atoms. The lowest BCUT2D eigenvalue weighted by atomic mass is 9.94. The summed E-state index contributed by atoms with van der Waals surface area (Å²) in [7, 11) is -3.61. The number of allylic oxidation sites excluding steroid dienone is 1. The highest BCUT2D eigenvalue weighted by atomic mass is 32.2.